The number of carbonyl (C=O) groups excluding carboxylic acids is 2. The number of benzene rings is 2. The molecule has 1 aliphatic heterocycles. The number of phenols is 1. The molecule has 7 nitrogen and oxygen atoms in total. The normalized spacial score (nSPS) is 15.2. The Bertz CT molecular complexity index is 1060. The number of hydrogen-bond acceptors (Lipinski definition) is 4. The van der Waals surface area contributed by atoms with Gasteiger partial charge in [0.05, 0.1) is 34.6 Å². The minimum atomic E-state index is -3.96. The van der Waals surface area contributed by atoms with Gasteiger partial charge in [0.2, 0.25) is 0 Å². The zero-order valence-electron chi connectivity index (χ0n) is 19.4. The fraction of sp³-hybridized carbons (Fsp3) is 0.391. The van der Waals surface area contributed by atoms with E-state index in [1.54, 1.807) is 0 Å². The molecule has 0 aromatic heterocycles. The number of urea groups is 1. The largest absolute Gasteiger partial charge is 0.507 e. The third-order valence-corrected chi connectivity index (χ3v) is 5.49. The van der Waals surface area contributed by atoms with Gasteiger partial charge in [0, 0.05) is 26.1 Å². The summed E-state index contributed by atoms with van der Waals surface area (Å²) in [4.78, 5) is 26.4. The highest BCUT2D eigenvalue weighted by Gasteiger charge is 2.29. The molecule has 1 unspecified atom stereocenters. The minimum Gasteiger partial charge on any atom is -0.507 e. The quantitative estimate of drug-likeness (QED) is 0.397. The molecule has 2 aromatic carbocycles. The van der Waals surface area contributed by atoms with Crippen molar-refractivity contribution in [3.63, 3.8) is 0 Å². The van der Waals surface area contributed by atoms with Crippen LogP contribution in [-0.2, 0) is 4.74 Å². The summed E-state index contributed by atoms with van der Waals surface area (Å²) in [5, 5.41) is 14.7. The fourth-order valence-electron chi connectivity index (χ4n) is 3.29. The molecule has 1 heterocycles. The number of rotatable bonds is 5. The van der Waals surface area contributed by atoms with Crippen LogP contribution in [0.1, 0.15) is 36.5 Å². The Kier molecular flexibility index (Phi) is 10.3. The van der Waals surface area contributed by atoms with Crippen LogP contribution in [0.15, 0.2) is 30.3 Å². The van der Waals surface area contributed by atoms with Crippen LogP contribution in [-0.4, -0.2) is 54.4 Å². The van der Waals surface area contributed by atoms with Crippen LogP contribution < -0.4 is 10.6 Å². The number of hydrogen-bond donors (Lipinski definition) is 3. The van der Waals surface area contributed by atoms with E-state index in [2.05, 4.69) is 10.6 Å². The number of para-hydroxylation sites is 1. The van der Waals surface area contributed by atoms with Crippen LogP contribution in [0.25, 0.3) is 0 Å². The number of nitrogens with zero attached hydrogens (tertiary/aromatic N) is 1. The minimum absolute atomic E-state index is 0.0524. The van der Waals surface area contributed by atoms with Gasteiger partial charge in [0.15, 0.2) is 0 Å². The van der Waals surface area contributed by atoms with Crippen molar-refractivity contribution >= 4 is 34.9 Å². The highest BCUT2D eigenvalue weighted by Crippen LogP contribution is 2.30. The number of halogens is 6. The molecule has 3 N–H and O–H groups in total. The van der Waals surface area contributed by atoms with Gasteiger partial charge in [0.1, 0.15) is 17.4 Å². The van der Waals surface area contributed by atoms with Crippen LogP contribution >= 0.6 is 11.6 Å². The van der Waals surface area contributed by atoms with Crippen molar-refractivity contribution in [3.05, 3.63) is 52.6 Å². The number of anilines is 2. The van der Waals surface area contributed by atoms with E-state index < -0.39 is 47.5 Å². The lowest BCUT2D eigenvalue weighted by Gasteiger charge is -2.24. The summed E-state index contributed by atoms with van der Waals surface area (Å²) in [6.45, 7) is 1.94. The first-order valence-electron chi connectivity index (χ1n) is 10.8. The number of ether oxygens (including phenoxy) is 1. The molecule has 2 aromatic rings. The Balaban J connectivity index is 0.000000678. The maximum absolute atomic E-state index is 14.5. The molecule has 1 atom stereocenters. The van der Waals surface area contributed by atoms with Gasteiger partial charge in [-0.1, -0.05) is 24.6 Å². The predicted molar refractivity (Wildman–Crippen MR) is 124 cm³/mol. The van der Waals surface area contributed by atoms with Crippen LogP contribution in [0.5, 0.6) is 5.75 Å². The van der Waals surface area contributed by atoms with E-state index in [0.717, 1.165) is 38.0 Å². The van der Waals surface area contributed by atoms with Gasteiger partial charge in [-0.2, -0.15) is 13.2 Å². The Labute approximate surface area is 209 Å². The van der Waals surface area contributed by atoms with E-state index in [1.807, 2.05) is 0 Å². The summed E-state index contributed by atoms with van der Waals surface area (Å²) >= 11 is 5.86. The zero-order chi connectivity index (χ0) is 27.0. The monoisotopic (exact) mass is 537 g/mol. The second-order valence-electron chi connectivity index (χ2n) is 7.74. The van der Waals surface area contributed by atoms with Gasteiger partial charge in [-0.15, -0.1) is 0 Å². The van der Waals surface area contributed by atoms with E-state index >= 15 is 0 Å². The molecule has 3 amide bonds. The van der Waals surface area contributed by atoms with Crippen molar-refractivity contribution in [3.8, 4) is 5.75 Å². The molecule has 0 spiro atoms. The maximum Gasteiger partial charge on any atom is 0.388 e. The number of likely N-dealkylation sites (tertiary alicyclic amines) is 1. The second kappa shape index (κ2) is 12.7. The molecule has 0 aliphatic carbocycles. The summed E-state index contributed by atoms with van der Waals surface area (Å²) in [5.41, 5.74) is -1.02. The third kappa shape index (κ3) is 7.95. The van der Waals surface area contributed by atoms with Crippen molar-refractivity contribution in [2.24, 2.45) is 0 Å². The van der Waals surface area contributed by atoms with Crippen LogP contribution in [0.3, 0.4) is 0 Å². The summed E-state index contributed by atoms with van der Waals surface area (Å²) in [5.74, 6) is -3.27. The smallest absolute Gasteiger partial charge is 0.388 e. The lowest BCUT2D eigenvalue weighted by Crippen LogP contribution is -2.41. The second-order valence-corrected chi connectivity index (χ2v) is 8.15. The highest BCUT2D eigenvalue weighted by atomic mass is 35.5. The van der Waals surface area contributed by atoms with Crippen LogP contribution in [0, 0.1) is 11.6 Å². The van der Waals surface area contributed by atoms with Gasteiger partial charge in [-0.3, -0.25) is 4.79 Å². The number of methoxy groups -OCH3 is 1. The molecular formula is C23H25ClF5N3O4. The van der Waals surface area contributed by atoms with E-state index in [-0.39, 0.29) is 22.4 Å². The van der Waals surface area contributed by atoms with Crippen molar-refractivity contribution in [1.29, 1.82) is 0 Å². The average Bonchev–Trinajstić information content (AvgIpc) is 3.27. The number of nitrogens with one attached hydrogen (secondary N) is 2. The first-order valence-corrected chi connectivity index (χ1v) is 11.2. The maximum atomic E-state index is 14.5. The van der Waals surface area contributed by atoms with E-state index in [4.69, 9.17) is 16.3 Å². The van der Waals surface area contributed by atoms with Gasteiger partial charge in [0.25, 0.3) is 5.91 Å². The lowest BCUT2D eigenvalue weighted by atomic mass is 10.1. The zero-order valence-corrected chi connectivity index (χ0v) is 20.1. The molecule has 1 saturated heterocycles. The molecular weight excluding hydrogens is 513 g/mol. The Morgan fingerprint density at radius 1 is 1.19 bits per heavy atom. The summed E-state index contributed by atoms with van der Waals surface area (Å²) in [7, 11) is 1.53. The Morgan fingerprint density at radius 3 is 2.44 bits per heavy atom. The van der Waals surface area contributed by atoms with Crippen molar-refractivity contribution in [1.82, 2.24) is 4.90 Å². The molecule has 13 heteroatoms. The molecule has 198 valence electrons. The molecule has 1 aliphatic rings. The van der Waals surface area contributed by atoms with Gasteiger partial charge >= 0.3 is 12.2 Å². The van der Waals surface area contributed by atoms with Crippen molar-refractivity contribution < 1.29 is 41.4 Å². The van der Waals surface area contributed by atoms with Crippen LogP contribution in [0.4, 0.5) is 38.1 Å². The number of alkyl halides is 3. The number of aromatic hydroxyl groups is 1. The van der Waals surface area contributed by atoms with E-state index in [9.17, 15) is 36.6 Å². The first-order chi connectivity index (χ1) is 16.9. The highest BCUT2D eigenvalue weighted by molar-refractivity contribution is 6.34. The lowest BCUT2D eigenvalue weighted by molar-refractivity contribution is -0.130. The van der Waals surface area contributed by atoms with Crippen LogP contribution in [0.2, 0.25) is 5.02 Å². The van der Waals surface area contributed by atoms with Crippen molar-refractivity contribution in [2.45, 2.75) is 38.4 Å². The molecule has 1 fully saturated rings. The third-order valence-electron chi connectivity index (χ3n) is 5.17. The van der Waals surface area contributed by atoms with Gasteiger partial charge < -0.3 is 25.4 Å². The summed E-state index contributed by atoms with van der Waals surface area (Å²) in [6.07, 6.45) is -3.12. The fourth-order valence-corrected chi connectivity index (χ4v) is 3.50. The van der Waals surface area contributed by atoms with E-state index in [1.165, 1.54) is 24.1 Å². The Morgan fingerprint density at radius 2 is 1.86 bits per heavy atom. The number of amides is 3. The van der Waals surface area contributed by atoms with Gasteiger partial charge in [-0.25, -0.2) is 13.6 Å². The molecule has 0 saturated carbocycles. The SMILES string of the molecule is CCC(F)(F)F.COCC1CCCN1C(=O)Nc1cc(O)c(C(=O)Nc2c(F)cccc2Cl)cc1F. The molecule has 3 rings (SSSR count). The Hall–Kier alpha value is -3.12. The summed E-state index contributed by atoms with van der Waals surface area (Å²) < 4.78 is 65.8. The molecule has 36 heavy (non-hydrogen) atoms. The number of phenolic OH excluding ortho intramolecular Hbond substituents is 1. The molecule has 0 radical (unpaired) electrons. The number of carbonyl (C=O) groups is 2. The molecule has 0 bridgehead atoms. The average molecular weight is 538 g/mol. The van der Waals surface area contributed by atoms with Gasteiger partial charge in [-0.05, 0) is 31.0 Å². The summed E-state index contributed by atoms with van der Waals surface area (Å²) in [6, 6.07) is 4.84. The van der Waals surface area contributed by atoms with Crippen molar-refractivity contribution in [2.75, 3.05) is 30.9 Å². The standard InChI is InChI=1S/C20H20ClF2N3O4.C3H5F3/c1-30-10-11-4-3-7-26(11)20(29)24-16-9-17(27)12(8-15(16)23)19(28)25-18-13(21)5-2-6-14(18)22;1-2-3(4,5)6/h2,5-6,8-9,11,27H,3-4,7,10H2,1H3,(H,24,29)(H,25,28);2H2,1H3. The first kappa shape index (κ1) is 29.1. The topological polar surface area (TPSA) is 90.9 Å². The predicted octanol–water partition coefficient (Wildman–Crippen LogP) is 6.18. The van der Waals surface area contributed by atoms with E-state index in [0.29, 0.717) is 13.2 Å².